The maximum absolute atomic E-state index is 10.7. The molecular weight excluding hydrogens is 1700 g/mol. The quantitative estimate of drug-likeness (QED) is 0.121. The fraction of sp³-hybridized carbons (Fsp3) is 0. The lowest BCUT2D eigenvalue weighted by atomic mass is 9.93. The number of hydrogen-bond acceptors (Lipinski definition) is 4. The number of rotatable bonds is 12. The maximum Gasteiger partial charge on any atom is 0.101 e. The van der Waals surface area contributed by atoms with Gasteiger partial charge in [0.05, 0.1) is 124 Å². The monoisotopic (exact) mass is 1780 g/mol. The van der Waals surface area contributed by atoms with Crippen LogP contribution in [0.5, 0.6) is 0 Å². The standard InChI is InChI=1S/C44H26N4.2C43H27N3/c45-27-29-18-23-43-39(24-29)37-14-6-9-17-42(37)48(43)44-33(28-46)25-32(30-10-2-1-3-11-30)26-38(44)31-19-21-34(22-20-31)47-40-15-7-4-12-35(40)36-13-5-8-16-41(36)47;44-28-29-10-9-11-31(26-29)32-22-25-43(46-41-18-7-3-14-36(41)37-15-4-8-19-42(37)46)38(27-32)30-20-23-33(24-21-30)45-39-16-5-1-12-34(39)35-13-2-6-17-40(35)45;44-28-31-11-1-2-12-33(31)30-23-26-43(46-41-19-9-5-15-36(41)37-16-6-10-20-42(37)46)38(27-30)29-21-24-32(25-22-29)45-39-17-7-3-13-34(39)35-14-4-8-18-40(35)45/h1-26H;2*1-27H. The zero-order chi connectivity index (χ0) is 93.4. The Morgan fingerprint density at radius 3 is 0.814 bits per heavy atom. The Morgan fingerprint density at radius 1 is 0.143 bits per heavy atom. The van der Waals surface area contributed by atoms with Gasteiger partial charge in [-0.2, -0.15) is 21.0 Å². The van der Waals surface area contributed by atoms with Crippen LogP contribution in [-0.4, -0.2) is 27.4 Å². The van der Waals surface area contributed by atoms with Crippen molar-refractivity contribution < 1.29 is 0 Å². The number of nitrogens with zero attached hydrogens (tertiary/aromatic N) is 10. The molecular formula is C130H80N10. The third-order valence-electron chi connectivity index (χ3n) is 27.7. The Bertz CT molecular complexity index is 9610. The van der Waals surface area contributed by atoms with E-state index in [0.717, 1.165) is 145 Å². The predicted molar refractivity (Wildman–Crippen MR) is 577 cm³/mol. The molecule has 6 aromatic heterocycles. The van der Waals surface area contributed by atoms with E-state index in [2.05, 4.69) is 440 Å². The van der Waals surface area contributed by atoms with Crippen molar-refractivity contribution in [2.24, 2.45) is 0 Å². The van der Waals surface area contributed by atoms with Gasteiger partial charge in [0, 0.05) is 98.4 Å². The minimum absolute atomic E-state index is 0.574. The van der Waals surface area contributed by atoms with Gasteiger partial charge >= 0.3 is 0 Å². The van der Waals surface area contributed by atoms with Gasteiger partial charge < -0.3 is 27.4 Å². The van der Waals surface area contributed by atoms with E-state index in [1.165, 1.54) is 87.0 Å². The smallest absolute Gasteiger partial charge is 0.101 e. The van der Waals surface area contributed by atoms with Crippen molar-refractivity contribution in [1.29, 1.82) is 21.0 Å². The van der Waals surface area contributed by atoms with Crippen LogP contribution in [0.3, 0.4) is 0 Å². The van der Waals surface area contributed by atoms with Gasteiger partial charge in [-0.3, -0.25) is 0 Å². The van der Waals surface area contributed by atoms with Gasteiger partial charge in [-0.05, 0) is 226 Å². The van der Waals surface area contributed by atoms with Crippen molar-refractivity contribution in [2.45, 2.75) is 0 Å². The number of benzene rings is 21. The summed E-state index contributed by atoms with van der Waals surface area (Å²) in [4.78, 5) is 0. The van der Waals surface area contributed by atoms with Gasteiger partial charge in [-0.15, -0.1) is 0 Å². The average molecular weight is 1780 g/mol. The number of hydrogen-bond donors (Lipinski definition) is 0. The van der Waals surface area contributed by atoms with Crippen LogP contribution in [0, 0.1) is 45.3 Å². The maximum atomic E-state index is 10.7. The molecule has 0 saturated carbocycles. The summed E-state index contributed by atoms with van der Waals surface area (Å²) in [7, 11) is 0. The first-order chi connectivity index (χ1) is 69.3. The topological polar surface area (TPSA) is 125 Å². The minimum atomic E-state index is 0.574. The van der Waals surface area contributed by atoms with E-state index in [-0.39, 0.29) is 0 Å². The highest BCUT2D eigenvalue weighted by Crippen LogP contribution is 2.47. The van der Waals surface area contributed by atoms with E-state index in [9.17, 15) is 21.0 Å². The van der Waals surface area contributed by atoms with E-state index in [0.29, 0.717) is 22.3 Å². The third-order valence-corrected chi connectivity index (χ3v) is 27.7. The summed E-state index contributed by atoms with van der Waals surface area (Å²) in [6.07, 6.45) is 0. The molecule has 27 rings (SSSR count). The minimum Gasteiger partial charge on any atom is -0.309 e. The first kappa shape index (κ1) is 82.3. The summed E-state index contributed by atoms with van der Waals surface area (Å²) >= 11 is 0. The largest absolute Gasteiger partial charge is 0.309 e. The van der Waals surface area contributed by atoms with E-state index in [4.69, 9.17) is 0 Å². The lowest BCUT2D eigenvalue weighted by Crippen LogP contribution is -2.02. The Labute approximate surface area is 806 Å². The highest BCUT2D eigenvalue weighted by Gasteiger charge is 2.26. The van der Waals surface area contributed by atoms with Crippen molar-refractivity contribution in [3.8, 4) is 125 Å². The lowest BCUT2D eigenvalue weighted by molar-refractivity contribution is 1.16. The average Bonchev–Trinajstić information content (AvgIpc) is 1.57. The molecule has 0 bridgehead atoms. The second kappa shape index (κ2) is 34.4. The third kappa shape index (κ3) is 13.8. The van der Waals surface area contributed by atoms with E-state index in [1.807, 2.05) is 97.1 Å². The molecule has 10 nitrogen and oxygen atoms in total. The molecule has 0 N–H and O–H groups in total. The fourth-order valence-corrected chi connectivity index (χ4v) is 21.5. The Kier molecular flexibility index (Phi) is 20.2. The molecule has 27 aromatic rings. The van der Waals surface area contributed by atoms with Gasteiger partial charge in [0.1, 0.15) is 6.07 Å². The number of aromatic nitrogens is 6. The SMILES string of the molecule is N#Cc1ccc2c(c1)c1ccccc1n2-c1c(C#N)cc(-c2ccccc2)cc1-c1ccc(-n2c3ccccc3c3ccccc32)cc1.N#Cc1cccc(-c2ccc(-n3c4ccccc4c4ccccc43)c(-c3ccc(-n4c5ccccc5c5ccccc54)cc3)c2)c1.N#Cc1ccccc1-c1ccc(-n2c3ccccc3c3ccccc32)c(-c2ccc(-n3c4ccccc4c4ccccc43)cc2)c1. The number of fused-ring (bicyclic) bond motifs is 18. The van der Waals surface area contributed by atoms with Gasteiger partial charge in [-0.1, -0.05) is 309 Å². The molecule has 0 aliphatic rings. The highest BCUT2D eigenvalue weighted by atomic mass is 15.0. The summed E-state index contributed by atoms with van der Waals surface area (Å²) < 4.78 is 14.0. The molecule has 0 fully saturated rings. The molecule has 650 valence electrons. The van der Waals surface area contributed by atoms with E-state index >= 15 is 0 Å². The second-order valence-corrected chi connectivity index (χ2v) is 35.4. The van der Waals surface area contributed by atoms with Crippen molar-refractivity contribution in [3.63, 3.8) is 0 Å². The summed E-state index contributed by atoms with van der Waals surface area (Å²) in [5.41, 5.74) is 35.0. The Morgan fingerprint density at radius 2 is 0.429 bits per heavy atom. The molecule has 6 heterocycles. The van der Waals surface area contributed by atoms with Crippen LogP contribution in [0.4, 0.5) is 0 Å². The first-order valence-electron chi connectivity index (χ1n) is 46.9. The molecule has 0 saturated heterocycles. The highest BCUT2D eigenvalue weighted by molar-refractivity contribution is 6.16. The molecule has 21 aromatic carbocycles. The second-order valence-electron chi connectivity index (χ2n) is 35.4. The van der Waals surface area contributed by atoms with Crippen LogP contribution in [0.2, 0.25) is 0 Å². The summed E-state index contributed by atoms with van der Waals surface area (Å²) in [5, 5.41) is 54.4. The normalized spacial score (nSPS) is 11.4. The number of para-hydroxylation sites is 11. The van der Waals surface area contributed by atoms with Gasteiger partial charge in [0.15, 0.2) is 0 Å². The molecule has 0 spiro atoms. The molecule has 0 radical (unpaired) electrons. The van der Waals surface area contributed by atoms with Crippen LogP contribution in [0.1, 0.15) is 22.3 Å². The van der Waals surface area contributed by atoms with Crippen molar-refractivity contribution in [3.05, 3.63) is 508 Å². The zero-order valence-corrected chi connectivity index (χ0v) is 75.7. The summed E-state index contributed by atoms with van der Waals surface area (Å²) in [6, 6.07) is 179. The Balaban J connectivity index is 0.000000111. The molecule has 0 unspecified atom stereocenters. The Hall–Kier alpha value is -19.6. The van der Waals surface area contributed by atoms with Crippen molar-refractivity contribution in [2.75, 3.05) is 0 Å². The fourth-order valence-electron chi connectivity index (χ4n) is 21.5. The van der Waals surface area contributed by atoms with E-state index < -0.39 is 0 Å². The summed E-state index contributed by atoms with van der Waals surface area (Å²) in [5.74, 6) is 0. The van der Waals surface area contributed by atoms with E-state index in [1.54, 1.807) is 0 Å². The van der Waals surface area contributed by atoms with Crippen LogP contribution in [0.15, 0.2) is 485 Å². The summed E-state index contributed by atoms with van der Waals surface area (Å²) in [6.45, 7) is 0. The molecule has 10 heteroatoms. The molecule has 0 atom stereocenters. The van der Waals surface area contributed by atoms with Crippen LogP contribution in [-0.2, 0) is 0 Å². The predicted octanol–water partition coefficient (Wildman–Crippen LogP) is 33.1. The van der Waals surface area contributed by atoms with Crippen LogP contribution >= 0.6 is 0 Å². The molecule has 140 heavy (non-hydrogen) atoms. The number of nitriles is 4. The first-order valence-corrected chi connectivity index (χ1v) is 46.9. The van der Waals surface area contributed by atoms with Crippen molar-refractivity contribution >= 4 is 131 Å². The zero-order valence-electron chi connectivity index (χ0n) is 75.7. The van der Waals surface area contributed by atoms with Gasteiger partial charge in [0.2, 0.25) is 0 Å². The lowest BCUT2D eigenvalue weighted by Gasteiger charge is -2.18. The van der Waals surface area contributed by atoms with Crippen molar-refractivity contribution in [1.82, 2.24) is 27.4 Å². The van der Waals surface area contributed by atoms with Gasteiger partial charge in [-0.25, -0.2) is 0 Å². The molecule has 0 aliphatic heterocycles. The molecule has 0 aliphatic carbocycles. The van der Waals surface area contributed by atoms with Crippen LogP contribution < -0.4 is 0 Å². The molecule has 0 amide bonds. The van der Waals surface area contributed by atoms with Crippen LogP contribution in [0.25, 0.3) is 232 Å². The van der Waals surface area contributed by atoms with Gasteiger partial charge in [0.25, 0.3) is 0 Å².